The van der Waals surface area contributed by atoms with Crippen molar-refractivity contribution in [3.63, 3.8) is 0 Å². The maximum Gasteiger partial charge on any atom is 0.255 e. The summed E-state index contributed by atoms with van der Waals surface area (Å²) in [4.78, 5) is 12.7. The van der Waals surface area contributed by atoms with E-state index in [1.807, 2.05) is 0 Å². The Hall–Kier alpha value is -3.46. The summed E-state index contributed by atoms with van der Waals surface area (Å²) in [6, 6.07) is 15.3. The molecule has 3 rings (SSSR count). The number of sulfonamides is 1. The van der Waals surface area contributed by atoms with Gasteiger partial charge in [0, 0.05) is 11.1 Å². The van der Waals surface area contributed by atoms with E-state index in [0.717, 1.165) is 22.7 Å². The summed E-state index contributed by atoms with van der Waals surface area (Å²) in [6.07, 6.45) is 1.03. The monoisotopic (exact) mass is 460 g/mol. The minimum absolute atomic E-state index is 0.0250. The Labute approximate surface area is 185 Å². The fraction of sp³-hybridized carbons (Fsp3) is 0.174. The summed E-state index contributed by atoms with van der Waals surface area (Å²) in [5.74, 6) is -1.24. The van der Waals surface area contributed by atoms with Crippen LogP contribution in [0, 0.1) is 11.6 Å². The number of nitrogens with one attached hydrogen (secondary N) is 1. The molecular formula is C23H22F2N2O4S. The number of para-hydroxylation sites is 1. The van der Waals surface area contributed by atoms with E-state index in [9.17, 15) is 22.0 Å². The molecule has 9 heteroatoms. The summed E-state index contributed by atoms with van der Waals surface area (Å²) in [7, 11) is -3.74. The van der Waals surface area contributed by atoms with Crippen molar-refractivity contribution in [1.82, 2.24) is 0 Å². The molecule has 0 heterocycles. The predicted octanol–water partition coefficient (Wildman–Crippen LogP) is 4.58. The molecule has 0 aromatic heterocycles. The average molecular weight is 461 g/mol. The molecule has 1 N–H and O–H groups in total. The van der Waals surface area contributed by atoms with E-state index in [2.05, 4.69) is 5.32 Å². The zero-order valence-electron chi connectivity index (χ0n) is 17.5. The van der Waals surface area contributed by atoms with Crippen LogP contribution in [-0.4, -0.2) is 27.2 Å². The van der Waals surface area contributed by atoms with Crippen molar-refractivity contribution < 1.29 is 26.7 Å². The van der Waals surface area contributed by atoms with Crippen molar-refractivity contribution in [2.45, 2.75) is 13.5 Å². The summed E-state index contributed by atoms with van der Waals surface area (Å²) in [5.41, 5.74) is 0.900. The predicted molar refractivity (Wildman–Crippen MR) is 119 cm³/mol. The molecule has 0 aliphatic rings. The van der Waals surface area contributed by atoms with Gasteiger partial charge in [-0.2, -0.15) is 0 Å². The SMILES string of the molecule is CCOc1ccc(C(=O)Nc2ccccc2F)cc1CN(c1ccc(F)cc1)S(C)(=O)=O. The fourth-order valence-electron chi connectivity index (χ4n) is 3.06. The van der Waals surface area contributed by atoms with E-state index in [1.165, 1.54) is 42.5 Å². The van der Waals surface area contributed by atoms with Gasteiger partial charge in [0.2, 0.25) is 10.0 Å². The van der Waals surface area contributed by atoms with E-state index >= 15 is 0 Å². The molecule has 0 aliphatic carbocycles. The molecule has 0 fully saturated rings. The van der Waals surface area contributed by atoms with E-state index in [0.29, 0.717) is 17.9 Å². The number of carbonyl (C=O) groups excluding carboxylic acids is 1. The molecule has 168 valence electrons. The molecule has 0 saturated carbocycles. The standard InChI is InChI=1S/C23H22F2N2O4S/c1-3-31-22-13-8-16(23(28)26-21-7-5-4-6-20(21)25)14-17(22)15-27(32(2,29)30)19-11-9-18(24)10-12-19/h4-14H,3,15H2,1-2H3,(H,26,28). The molecule has 0 bridgehead atoms. The number of halogens is 2. The highest BCUT2D eigenvalue weighted by Crippen LogP contribution is 2.27. The summed E-state index contributed by atoms with van der Waals surface area (Å²) in [5, 5.41) is 2.50. The lowest BCUT2D eigenvalue weighted by Crippen LogP contribution is -2.29. The van der Waals surface area contributed by atoms with Crippen molar-refractivity contribution in [2.75, 3.05) is 22.5 Å². The Kier molecular flexibility index (Phi) is 7.09. The average Bonchev–Trinajstić information content (AvgIpc) is 2.74. The van der Waals surface area contributed by atoms with Crippen molar-refractivity contribution >= 4 is 27.3 Å². The van der Waals surface area contributed by atoms with Crippen molar-refractivity contribution in [2.24, 2.45) is 0 Å². The first-order chi connectivity index (χ1) is 15.2. The van der Waals surface area contributed by atoms with Crippen LogP contribution in [0.15, 0.2) is 66.7 Å². The van der Waals surface area contributed by atoms with Crippen LogP contribution in [0.4, 0.5) is 20.2 Å². The minimum atomic E-state index is -3.74. The fourth-order valence-corrected chi connectivity index (χ4v) is 3.94. The molecule has 0 spiro atoms. The lowest BCUT2D eigenvalue weighted by molar-refractivity contribution is 0.102. The molecule has 3 aromatic carbocycles. The van der Waals surface area contributed by atoms with Gasteiger partial charge in [0.05, 0.1) is 30.8 Å². The third kappa shape index (κ3) is 5.61. The molecule has 0 saturated heterocycles. The first-order valence-electron chi connectivity index (χ1n) is 9.74. The Morgan fingerprint density at radius 3 is 2.34 bits per heavy atom. The second-order valence-electron chi connectivity index (χ2n) is 6.94. The highest BCUT2D eigenvalue weighted by atomic mass is 32.2. The molecule has 0 atom stereocenters. The van der Waals surface area contributed by atoms with Crippen LogP contribution in [0.2, 0.25) is 0 Å². The van der Waals surface area contributed by atoms with Gasteiger partial charge >= 0.3 is 0 Å². The number of carbonyl (C=O) groups is 1. The van der Waals surface area contributed by atoms with E-state index < -0.39 is 27.6 Å². The van der Waals surface area contributed by atoms with E-state index in [1.54, 1.807) is 19.1 Å². The maximum absolute atomic E-state index is 13.9. The van der Waals surface area contributed by atoms with Crippen LogP contribution in [-0.2, 0) is 16.6 Å². The van der Waals surface area contributed by atoms with Crippen molar-refractivity contribution in [3.8, 4) is 5.75 Å². The number of hydrogen-bond donors (Lipinski definition) is 1. The first kappa shape index (κ1) is 23.2. The molecule has 0 aliphatic heterocycles. The van der Waals surface area contributed by atoms with Crippen LogP contribution in [0.5, 0.6) is 5.75 Å². The largest absolute Gasteiger partial charge is 0.494 e. The van der Waals surface area contributed by atoms with Gasteiger partial charge in [-0.25, -0.2) is 17.2 Å². The number of hydrogen-bond acceptors (Lipinski definition) is 4. The minimum Gasteiger partial charge on any atom is -0.494 e. The topological polar surface area (TPSA) is 75.7 Å². The third-order valence-corrected chi connectivity index (χ3v) is 5.71. The van der Waals surface area contributed by atoms with Gasteiger partial charge in [0.25, 0.3) is 5.91 Å². The van der Waals surface area contributed by atoms with Gasteiger partial charge < -0.3 is 10.1 Å². The Bertz CT molecular complexity index is 1210. The number of rotatable bonds is 8. The Morgan fingerprint density at radius 2 is 1.72 bits per heavy atom. The molecular weight excluding hydrogens is 438 g/mol. The van der Waals surface area contributed by atoms with Crippen LogP contribution >= 0.6 is 0 Å². The normalized spacial score (nSPS) is 11.1. The lowest BCUT2D eigenvalue weighted by Gasteiger charge is -2.24. The number of amides is 1. The number of ether oxygens (including phenoxy) is 1. The number of nitrogens with zero attached hydrogens (tertiary/aromatic N) is 1. The lowest BCUT2D eigenvalue weighted by atomic mass is 10.1. The number of anilines is 2. The van der Waals surface area contributed by atoms with Crippen molar-refractivity contribution in [3.05, 3.63) is 89.5 Å². The smallest absolute Gasteiger partial charge is 0.255 e. The molecule has 1 amide bonds. The quantitative estimate of drug-likeness (QED) is 0.534. The summed E-state index contributed by atoms with van der Waals surface area (Å²) < 4.78 is 58.8. The second-order valence-corrected chi connectivity index (χ2v) is 8.84. The Balaban J connectivity index is 1.97. The second kappa shape index (κ2) is 9.78. The van der Waals surface area contributed by atoms with Gasteiger partial charge in [-0.1, -0.05) is 12.1 Å². The summed E-state index contributed by atoms with van der Waals surface area (Å²) in [6.45, 7) is 1.95. The van der Waals surface area contributed by atoms with Gasteiger partial charge in [0.1, 0.15) is 17.4 Å². The molecule has 32 heavy (non-hydrogen) atoms. The molecule has 0 radical (unpaired) electrons. The maximum atomic E-state index is 13.9. The highest BCUT2D eigenvalue weighted by Gasteiger charge is 2.21. The van der Waals surface area contributed by atoms with E-state index in [-0.39, 0.29) is 23.5 Å². The van der Waals surface area contributed by atoms with Gasteiger partial charge in [0.15, 0.2) is 0 Å². The third-order valence-electron chi connectivity index (χ3n) is 4.57. The number of benzene rings is 3. The van der Waals surface area contributed by atoms with Crippen molar-refractivity contribution in [1.29, 1.82) is 0 Å². The van der Waals surface area contributed by atoms with Gasteiger partial charge in [-0.05, 0) is 61.5 Å². The molecule has 6 nitrogen and oxygen atoms in total. The van der Waals surface area contributed by atoms with E-state index in [4.69, 9.17) is 4.74 Å². The van der Waals surface area contributed by atoms with Gasteiger partial charge in [-0.3, -0.25) is 9.10 Å². The van der Waals surface area contributed by atoms with Crippen LogP contribution in [0.25, 0.3) is 0 Å². The zero-order chi connectivity index (χ0) is 23.3. The van der Waals surface area contributed by atoms with Crippen LogP contribution < -0.4 is 14.4 Å². The summed E-state index contributed by atoms with van der Waals surface area (Å²) >= 11 is 0. The zero-order valence-corrected chi connectivity index (χ0v) is 18.3. The molecule has 0 unspecified atom stereocenters. The van der Waals surface area contributed by atoms with Gasteiger partial charge in [-0.15, -0.1) is 0 Å². The highest BCUT2D eigenvalue weighted by molar-refractivity contribution is 7.92. The Morgan fingerprint density at radius 1 is 1.03 bits per heavy atom. The first-order valence-corrected chi connectivity index (χ1v) is 11.6. The van der Waals surface area contributed by atoms with Crippen LogP contribution in [0.1, 0.15) is 22.8 Å². The van der Waals surface area contributed by atoms with Crippen LogP contribution in [0.3, 0.4) is 0 Å². The molecule has 3 aromatic rings.